The van der Waals surface area contributed by atoms with E-state index in [2.05, 4.69) is 14.9 Å². The number of aromatic nitrogens is 3. The fourth-order valence-electron chi connectivity index (χ4n) is 4.71. The lowest BCUT2D eigenvalue weighted by Gasteiger charge is -2.36. The van der Waals surface area contributed by atoms with Gasteiger partial charge >= 0.3 is 6.18 Å². The highest BCUT2D eigenvalue weighted by molar-refractivity contribution is 5.81. The second-order valence-corrected chi connectivity index (χ2v) is 8.68. The SMILES string of the molecule is O=c1c2[nH]n(O)n(CCCN3CCN(c4ccc(C(F)(F)F)cc4)CC3)c=2c(=O)c2ccccc12. The predicted octanol–water partition coefficient (Wildman–Crippen LogP) is 2.68. The van der Waals surface area contributed by atoms with E-state index in [9.17, 15) is 28.0 Å². The number of halogens is 3. The fraction of sp³-hybridized carbons (Fsp3) is 0.333. The number of rotatable bonds is 5. The molecule has 3 aliphatic rings. The molecule has 184 valence electrons. The molecule has 0 spiro atoms. The fourth-order valence-corrected chi connectivity index (χ4v) is 4.71. The number of piperazine rings is 1. The van der Waals surface area contributed by atoms with E-state index < -0.39 is 11.7 Å². The molecular formula is C24H24F3N5O3. The van der Waals surface area contributed by atoms with E-state index in [1.165, 1.54) is 16.8 Å². The molecule has 0 atom stereocenters. The van der Waals surface area contributed by atoms with Crippen molar-refractivity contribution in [2.75, 3.05) is 37.6 Å². The van der Waals surface area contributed by atoms with Gasteiger partial charge in [-0.1, -0.05) is 29.2 Å². The van der Waals surface area contributed by atoms with Crippen molar-refractivity contribution < 1.29 is 18.4 Å². The topological polar surface area (TPSA) is 86.5 Å². The molecule has 0 aromatic heterocycles. The molecule has 35 heavy (non-hydrogen) atoms. The molecule has 0 bridgehead atoms. The van der Waals surface area contributed by atoms with Crippen LogP contribution in [0.2, 0.25) is 0 Å². The Morgan fingerprint density at radius 1 is 0.857 bits per heavy atom. The number of benzene rings is 2. The number of alkyl halides is 3. The minimum absolute atomic E-state index is 0.0707. The summed E-state index contributed by atoms with van der Waals surface area (Å²) in [5.74, 6) is 0. The van der Waals surface area contributed by atoms with Crippen molar-refractivity contribution in [1.29, 1.82) is 0 Å². The maximum Gasteiger partial charge on any atom is 0.416 e. The van der Waals surface area contributed by atoms with Gasteiger partial charge in [0.1, 0.15) is 10.7 Å². The van der Waals surface area contributed by atoms with Gasteiger partial charge in [0, 0.05) is 55.7 Å². The van der Waals surface area contributed by atoms with Gasteiger partial charge in [0.2, 0.25) is 10.9 Å². The number of nitrogens with zero attached hydrogens (tertiary/aromatic N) is 4. The zero-order chi connectivity index (χ0) is 24.7. The van der Waals surface area contributed by atoms with Crippen LogP contribution >= 0.6 is 0 Å². The quantitative estimate of drug-likeness (QED) is 0.423. The minimum Gasteiger partial charge on any atom is -0.399 e. The Kier molecular flexibility index (Phi) is 5.79. The Morgan fingerprint density at radius 3 is 2.11 bits per heavy atom. The van der Waals surface area contributed by atoms with Gasteiger partial charge in [-0.3, -0.25) is 14.5 Å². The van der Waals surface area contributed by atoms with E-state index in [0.29, 0.717) is 48.3 Å². The maximum absolute atomic E-state index is 13.0. The zero-order valence-corrected chi connectivity index (χ0v) is 18.8. The Morgan fingerprint density at radius 2 is 1.49 bits per heavy atom. The summed E-state index contributed by atoms with van der Waals surface area (Å²) >= 11 is 0. The highest BCUT2D eigenvalue weighted by atomic mass is 19.4. The smallest absolute Gasteiger partial charge is 0.399 e. The first kappa shape index (κ1) is 23.0. The largest absolute Gasteiger partial charge is 0.416 e. The van der Waals surface area contributed by atoms with Crippen molar-refractivity contribution in [3.05, 3.63) is 85.2 Å². The summed E-state index contributed by atoms with van der Waals surface area (Å²) in [5.41, 5.74) is -0.549. The Labute approximate surface area is 197 Å². The summed E-state index contributed by atoms with van der Waals surface area (Å²) in [6.07, 6.45) is -3.72. The summed E-state index contributed by atoms with van der Waals surface area (Å²) < 4.78 is 39.7. The number of H-pyrrole nitrogens is 1. The second-order valence-electron chi connectivity index (χ2n) is 8.68. The van der Waals surface area contributed by atoms with Crippen LogP contribution in [-0.4, -0.2) is 57.6 Å². The molecule has 2 aliphatic heterocycles. The molecule has 5 rings (SSSR count). The molecule has 1 fully saturated rings. The monoisotopic (exact) mass is 487 g/mol. The molecular weight excluding hydrogens is 463 g/mol. The van der Waals surface area contributed by atoms with Crippen LogP contribution in [0, 0.1) is 10.7 Å². The molecule has 2 aromatic carbocycles. The van der Waals surface area contributed by atoms with Crippen LogP contribution < -0.4 is 15.8 Å². The van der Waals surface area contributed by atoms with E-state index >= 15 is 0 Å². The first-order chi connectivity index (χ1) is 16.7. The van der Waals surface area contributed by atoms with Gasteiger partial charge < -0.3 is 10.1 Å². The first-order valence-corrected chi connectivity index (χ1v) is 11.3. The predicted molar refractivity (Wildman–Crippen MR) is 124 cm³/mol. The van der Waals surface area contributed by atoms with Crippen molar-refractivity contribution in [2.24, 2.45) is 0 Å². The lowest BCUT2D eigenvalue weighted by atomic mass is 10.1. The van der Waals surface area contributed by atoms with Gasteiger partial charge in [0.05, 0.1) is 5.56 Å². The molecule has 1 saturated heterocycles. The number of nitrogens with one attached hydrogen (secondary N) is 1. The Bertz CT molecular complexity index is 1530. The van der Waals surface area contributed by atoms with Crippen LogP contribution in [0.25, 0.3) is 10.8 Å². The number of aromatic amines is 1. The molecule has 2 aromatic rings. The van der Waals surface area contributed by atoms with Gasteiger partial charge in [0.25, 0.3) is 0 Å². The number of fused-ring (bicyclic) bond motifs is 1. The molecule has 0 unspecified atom stereocenters. The Hall–Kier alpha value is -3.73. The van der Waals surface area contributed by atoms with Crippen LogP contribution in [0.5, 0.6) is 0 Å². The zero-order valence-electron chi connectivity index (χ0n) is 18.8. The lowest BCUT2D eigenvalue weighted by molar-refractivity contribution is -0.137. The molecule has 11 heteroatoms. The van der Waals surface area contributed by atoms with Crippen molar-refractivity contribution >= 4 is 16.5 Å². The van der Waals surface area contributed by atoms with Gasteiger partial charge in [0.15, 0.2) is 0 Å². The number of anilines is 1. The summed E-state index contributed by atoms with van der Waals surface area (Å²) in [7, 11) is 0. The lowest BCUT2D eigenvalue weighted by Crippen LogP contribution is -2.46. The van der Waals surface area contributed by atoms with Crippen LogP contribution in [0.4, 0.5) is 18.9 Å². The third-order valence-electron chi connectivity index (χ3n) is 6.57. The molecule has 2 N–H and O–H groups in total. The summed E-state index contributed by atoms with van der Waals surface area (Å²) in [5, 5.41) is 13.7. The number of hydrogen-bond donors (Lipinski definition) is 2. The molecule has 2 heterocycles. The minimum atomic E-state index is -4.35. The molecule has 0 amide bonds. The van der Waals surface area contributed by atoms with Crippen molar-refractivity contribution in [2.45, 2.75) is 19.1 Å². The number of hydrogen-bond acceptors (Lipinski definition) is 5. The summed E-state index contributed by atoms with van der Waals surface area (Å²) in [4.78, 5) is 30.7. The van der Waals surface area contributed by atoms with Gasteiger partial charge in [-0.2, -0.15) is 13.2 Å². The van der Waals surface area contributed by atoms with E-state index in [4.69, 9.17) is 0 Å². The van der Waals surface area contributed by atoms with Gasteiger partial charge in [-0.25, -0.2) is 9.78 Å². The summed E-state index contributed by atoms with van der Waals surface area (Å²) in [6.45, 7) is 3.86. The van der Waals surface area contributed by atoms with Gasteiger partial charge in [-0.05, 0) is 30.7 Å². The van der Waals surface area contributed by atoms with Crippen LogP contribution in [-0.2, 0) is 12.7 Å². The third kappa shape index (κ3) is 4.27. The van der Waals surface area contributed by atoms with Crippen LogP contribution in [0.15, 0.2) is 58.1 Å². The van der Waals surface area contributed by atoms with Crippen molar-refractivity contribution in [3.63, 3.8) is 0 Å². The molecule has 0 saturated carbocycles. The van der Waals surface area contributed by atoms with Crippen molar-refractivity contribution in [3.8, 4) is 0 Å². The van der Waals surface area contributed by atoms with Crippen LogP contribution in [0.3, 0.4) is 0 Å². The normalized spacial score (nSPS) is 15.3. The van der Waals surface area contributed by atoms with E-state index in [1.54, 1.807) is 24.3 Å². The highest BCUT2D eigenvalue weighted by Gasteiger charge is 2.30. The second kappa shape index (κ2) is 8.81. The van der Waals surface area contributed by atoms with Crippen molar-refractivity contribution in [1.82, 2.24) is 19.6 Å². The summed E-state index contributed by atoms with van der Waals surface area (Å²) in [6, 6.07) is 11.8. The molecule has 8 nitrogen and oxygen atoms in total. The van der Waals surface area contributed by atoms with E-state index in [0.717, 1.165) is 30.9 Å². The maximum atomic E-state index is 13.0. The Balaban J connectivity index is 1.24. The average molecular weight is 487 g/mol. The first-order valence-electron chi connectivity index (χ1n) is 11.3. The van der Waals surface area contributed by atoms with E-state index in [1.807, 2.05) is 0 Å². The van der Waals surface area contributed by atoms with Gasteiger partial charge in [-0.15, -0.1) is 0 Å². The molecule has 0 radical (unpaired) electrons. The van der Waals surface area contributed by atoms with Crippen LogP contribution in [0.1, 0.15) is 12.0 Å². The van der Waals surface area contributed by atoms with E-state index in [-0.39, 0.29) is 21.6 Å². The third-order valence-corrected chi connectivity index (χ3v) is 6.57. The molecule has 1 aliphatic carbocycles. The average Bonchev–Trinajstić information content (AvgIpc) is 3.19. The highest BCUT2D eigenvalue weighted by Crippen LogP contribution is 2.30. The standard InChI is InChI=1S/C24H24F3N5O3/c25-24(26,27)16-6-8-17(9-7-16)30-14-12-29(13-15-30)10-3-11-31-21-20(28-32(31)35)22(33)18-4-1-2-5-19(18)23(21)34/h1-2,4-9,28,35H,3,10-15H2.